The lowest BCUT2D eigenvalue weighted by Gasteiger charge is -2.16. The predicted octanol–water partition coefficient (Wildman–Crippen LogP) is 1.01. The minimum absolute atomic E-state index is 0.0399. The van der Waals surface area contributed by atoms with Gasteiger partial charge in [-0.05, 0) is 18.1 Å². The van der Waals surface area contributed by atoms with E-state index >= 15 is 0 Å². The van der Waals surface area contributed by atoms with E-state index in [4.69, 9.17) is 4.42 Å². The normalized spacial score (nSPS) is 15.2. The van der Waals surface area contributed by atoms with Crippen LogP contribution in [0.4, 0.5) is 4.79 Å². The number of ether oxygens (including phenoxy) is 1. The summed E-state index contributed by atoms with van der Waals surface area (Å²) < 4.78 is 9.69. The van der Waals surface area contributed by atoms with Crippen LogP contribution in [0.2, 0.25) is 0 Å². The van der Waals surface area contributed by atoms with Crippen molar-refractivity contribution in [3.8, 4) is 0 Å². The third kappa shape index (κ3) is 2.85. The fourth-order valence-electron chi connectivity index (χ4n) is 2.04. The molecule has 1 aliphatic heterocycles. The molecule has 2 heterocycles. The van der Waals surface area contributed by atoms with Crippen molar-refractivity contribution in [1.82, 2.24) is 9.80 Å². The lowest BCUT2D eigenvalue weighted by molar-refractivity contribution is -0.143. The van der Waals surface area contributed by atoms with Crippen LogP contribution in [0.15, 0.2) is 16.5 Å². The highest BCUT2D eigenvalue weighted by Gasteiger charge is 2.44. The number of esters is 1. The molecule has 0 saturated carbocycles. The Kier molecular flexibility index (Phi) is 4.30. The number of rotatable bonds is 5. The standard InChI is InChI=1S/C14H16N2O6/c1-8(2)6-15-11(17)12(18)16(14(15)20)7-9-4-5-10(22-9)13(19)21-3/h4-5,8H,6-7H2,1-3H3. The second-order valence-corrected chi connectivity index (χ2v) is 5.24. The Morgan fingerprint density at radius 3 is 2.41 bits per heavy atom. The summed E-state index contributed by atoms with van der Waals surface area (Å²) in [6.07, 6.45) is 0. The molecule has 118 valence electrons. The van der Waals surface area contributed by atoms with Gasteiger partial charge >= 0.3 is 23.8 Å². The molecule has 0 radical (unpaired) electrons. The van der Waals surface area contributed by atoms with Gasteiger partial charge in [-0.15, -0.1) is 0 Å². The molecule has 8 heteroatoms. The van der Waals surface area contributed by atoms with Crippen LogP contribution in [0.3, 0.4) is 0 Å². The summed E-state index contributed by atoms with van der Waals surface area (Å²) in [4.78, 5) is 48.9. The van der Waals surface area contributed by atoms with Crippen molar-refractivity contribution in [2.75, 3.05) is 13.7 Å². The summed E-state index contributed by atoms with van der Waals surface area (Å²) in [6.45, 7) is 3.63. The number of methoxy groups -OCH3 is 1. The molecule has 0 unspecified atom stereocenters. The highest BCUT2D eigenvalue weighted by molar-refractivity contribution is 6.44. The summed E-state index contributed by atoms with van der Waals surface area (Å²) in [7, 11) is 1.21. The molecule has 0 spiro atoms. The van der Waals surface area contributed by atoms with Crippen LogP contribution in [0.1, 0.15) is 30.2 Å². The van der Waals surface area contributed by atoms with Crippen LogP contribution < -0.4 is 0 Å². The van der Waals surface area contributed by atoms with Crippen LogP contribution >= 0.6 is 0 Å². The number of hydrogen-bond acceptors (Lipinski definition) is 6. The van der Waals surface area contributed by atoms with Crippen molar-refractivity contribution in [1.29, 1.82) is 0 Å². The van der Waals surface area contributed by atoms with Crippen LogP contribution in [-0.2, 0) is 20.9 Å². The second kappa shape index (κ2) is 6.00. The smallest absolute Gasteiger partial charge is 0.373 e. The van der Waals surface area contributed by atoms with Gasteiger partial charge in [-0.3, -0.25) is 14.5 Å². The zero-order chi connectivity index (χ0) is 16.4. The van der Waals surface area contributed by atoms with E-state index in [1.807, 2.05) is 13.8 Å². The molecule has 1 aromatic rings. The van der Waals surface area contributed by atoms with Gasteiger partial charge in [0.15, 0.2) is 0 Å². The first-order valence-electron chi connectivity index (χ1n) is 6.69. The number of imide groups is 2. The fraction of sp³-hybridized carbons (Fsp3) is 0.429. The molecule has 8 nitrogen and oxygen atoms in total. The first-order valence-corrected chi connectivity index (χ1v) is 6.69. The summed E-state index contributed by atoms with van der Waals surface area (Å²) in [5.41, 5.74) is 0. The number of carbonyl (C=O) groups is 4. The van der Waals surface area contributed by atoms with Gasteiger partial charge in [0.05, 0.1) is 13.7 Å². The molecule has 4 amide bonds. The average molecular weight is 308 g/mol. The maximum atomic E-state index is 12.1. The first-order chi connectivity index (χ1) is 10.3. The molecule has 0 atom stereocenters. The largest absolute Gasteiger partial charge is 0.463 e. The average Bonchev–Trinajstić information content (AvgIpc) is 3.01. The molecule has 1 aromatic heterocycles. The highest BCUT2D eigenvalue weighted by atomic mass is 16.5. The monoisotopic (exact) mass is 308 g/mol. The number of carbonyl (C=O) groups excluding carboxylic acids is 4. The van der Waals surface area contributed by atoms with Gasteiger partial charge in [0.25, 0.3) is 0 Å². The Hall–Kier alpha value is -2.64. The van der Waals surface area contributed by atoms with E-state index in [9.17, 15) is 19.2 Å². The molecule has 0 bridgehead atoms. The fourth-order valence-corrected chi connectivity index (χ4v) is 2.04. The van der Waals surface area contributed by atoms with Crippen molar-refractivity contribution in [2.45, 2.75) is 20.4 Å². The van der Waals surface area contributed by atoms with Gasteiger partial charge < -0.3 is 9.15 Å². The van der Waals surface area contributed by atoms with E-state index in [0.717, 1.165) is 9.80 Å². The van der Waals surface area contributed by atoms with Gasteiger partial charge in [0, 0.05) is 6.54 Å². The first kappa shape index (κ1) is 15.7. The van der Waals surface area contributed by atoms with Crippen molar-refractivity contribution in [2.24, 2.45) is 5.92 Å². The highest BCUT2D eigenvalue weighted by Crippen LogP contribution is 2.19. The predicted molar refractivity (Wildman–Crippen MR) is 72.5 cm³/mol. The topological polar surface area (TPSA) is 97.1 Å². The van der Waals surface area contributed by atoms with E-state index in [1.165, 1.54) is 19.2 Å². The molecular weight excluding hydrogens is 292 g/mol. The van der Waals surface area contributed by atoms with Gasteiger partial charge in [0.2, 0.25) is 5.76 Å². The molecule has 0 aliphatic carbocycles. The number of nitrogens with zero attached hydrogens (tertiary/aromatic N) is 2. The Balaban J connectivity index is 2.14. The van der Waals surface area contributed by atoms with Crippen molar-refractivity contribution >= 4 is 23.8 Å². The minimum atomic E-state index is -0.901. The molecule has 22 heavy (non-hydrogen) atoms. The van der Waals surface area contributed by atoms with Crippen molar-refractivity contribution < 1.29 is 28.3 Å². The Morgan fingerprint density at radius 2 is 1.82 bits per heavy atom. The molecule has 1 aliphatic rings. The zero-order valence-corrected chi connectivity index (χ0v) is 12.5. The summed E-state index contributed by atoms with van der Waals surface area (Å²) in [6, 6.07) is 2.14. The lowest BCUT2D eigenvalue weighted by atomic mass is 10.2. The quantitative estimate of drug-likeness (QED) is 0.457. The zero-order valence-electron chi connectivity index (χ0n) is 12.5. The minimum Gasteiger partial charge on any atom is -0.463 e. The summed E-state index contributed by atoms with van der Waals surface area (Å²) in [5.74, 6) is -2.19. The third-order valence-corrected chi connectivity index (χ3v) is 3.04. The molecule has 2 rings (SSSR count). The van der Waals surface area contributed by atoms with Crippen molar-refractivity contribution in [3.63, 3.8) is 0 Å². The van der Waals surface area contributed by atoms with Gasteiger partial charge in [-0.1, -0.05) is 13.8 Å². The SMILES string of the molecule is COC(=O)c1ccc(CN2C(=O)C(=O)N(CC(C)C)C2=O)o1. The number of furan rings is 1. The number of hydrogen-bond donors (Lipinski definition) is 0. The van der Waals surface area contributed by atoms with E-state index in [2.05, 4.69) is 4.74 Å². The van der Waals surface area contributed by atoms with Gasteiger partial charge in [-0.25, -0.2) is 14.5 Å². The van der Waals surface area contributed by atoms with Gasteiger partial charge in [0.1, 0.15) is 5.76 Å². The van der Waals surface area contributed by atoms with E-state index in [1.54, 1.807) is 0 Å². The molecule has 0 aromatic carbocycles. The van der Waals surface area contributed by atoms with Crippen LogP contribution in [0.25, 0.3) is 0 Å². The van der Waals surface area contributed by atoms with E-state index in [0.29, 0.717) is 0 Å². The van der Waals surface area contributed by atoms with Crippen LogP contribution in [-0.4, -0.2) is 47.3 Å². The Morgan fingerprint density at radius 1 is 1.18 bits per heavy atom. The van der Waals surface area contributed by atoms with Crippen molar-refractivity contribution in [3.05, 3.63) is 23.7 Å². The third-order valence-electron chi connectivity index (χ3n) is 3.04. The number of urea groups is 1. The molecular formula is C14H16N2O6. The number of amides is 4. The summed E-state index contributed by atoms with van der Waals surface area (Å²) in [5, 5.41) is 0. The van der Waals surface area contributed by atoms with E-state index < -0.39 is 23.8 Å². The maximum Gasteiger partial charge on any atom is 0.373 e. The van der Waals surface area contributed by atoms with Gasteiger partial charge in [-0.2, -0.15) is 0 Å². The lowest BCUT2D eigenvalue weighted by Crippen LogP contribution is -2.35. The second-order valence-electron chi connectivity index (χ2n) is 5.24. The molecule has 0 N–H and O–H groups in total. The van der Waals surface area contributed by atoms with E-state index in [-0.39, 0.29) is 30.5 Å². The van der Waals surface area contributed by atoms with Crippen LogP contribution in [0.5, 0.6) is 0 Å². The molecule has 1 fully saturated rings. The summed E-state index contributed by atoms with van der Waals surface area (Å²) >= 11 is 0. The van der Waals surface area contributed by atoms with Crippen LogP contribution in [0, 0.1) is 5.92 Å². The molecule has 1 saturated heterocycles. The maximum absolute atomic E-state index is 12.1. The Bertz CT molecular complexity index is 633. The Labute approximate surface area is 126 Å².